The van der Waals surface area contributed by atoms with E-state index in [0.29, 0.717) is 23.8 Å². The van der Waals surface area contributed by atoms with E-state index in [9.17, 15) is 4.39 Å². The average molecular weight is 270 g/mol. The molecule has 0 saturated heterocycles. The molecule has 1 aromatic rings. The van der Waals surface area contributed by atoms with Crippen LogP contribution in [0.15, 0.2) is 18.2 Å². The van der Waals surface area contributed by atoms with Crippen molar-refractivity contribution < 1.29 is 4.39 Å². The van der Waals surface area contributed by atoms with Crippen molar-refractivity contribution >= 4 is 11.6 Å². The van der Waals surface area contributed by atoms with Crippen molar-refractivity contribution in [2.75, 3.05) is 0 Å². The van der Waals surface area contributed by atoms with Crippen LogP contribution in [-0.2, 0) is 6.42 Å². The van der Waals surface area contributed by atoms with Gasteiger partial charge in [0.15, 0.2) is 0 Å². The molecule has 0 bridgehead atoms. The molecule has 0 radical (unpaired) electrons. The van der Waals surface area contributed by atoms with Crippen LogP contribution in [0.25, 0.3) is 0 Å². The van der Waals surface area contributed by atoms with Gasteiger partial charge >= 0.3 is 0 Å². The Bertz CT molecular complexity index is 435. The molecule has 3 unspecified atom stereocenters. The fourth-order valence-corrected chi connectivity index (χ4v) is 3.25. The highest BCUT2D eigenvalue weighted by molar-refractivity contribution is 6.30. The van der Waals surface area contributed by atoms with Gasteiger partial charge in [-0.3, -0.25) is 0 Å². The molecule has 3 atom stereocenters. The van der Waals surface area contributed by atoms with Crippen molar-refractivity contribution in [3.8, 4) is 0 Å². The van der Waals surface area contributed by atoms with Crippen molar-refractivity contribution in [2.45, 2.75) is 45.1 Å². The van der Waals surface area contributed by atoms with Crippen molar-refractivity contribution in [2.24, 2.45) is 17.6 Å². The van der Waals surface area contributed by atoms with Crippen LogP contribution in [0.3, 0.4) is 0 Å². The summed E-state index contributed by atoms with van der Waals surface area (Å²) in [5.74, 6) is 0.731. The van der Waals surface area contributed by atoms with E-state index < -0.39 is 0 Å². The van der Waals surface area contributed by atoms with E-state index in [1.165, 1.54) is 6.42 Å². The smallest absolute Gasteiger partial charge is 0.145 e. The van der Waals surface area contributed by atoms with Gasteiger partial charge in [0.05, 0.1) is 5.02 Å². The van der Waals surface area contributed by atoms with E-state index in [1.807, 2.05) is 0 Å². The van der Waals surface area contributed by atoms with E-state index in [0.717, 1.165) is 12.8 Å². The Morgan fingerprint density at radius 3 is 2.83 bits per heavy atom. The number of benzene rings is 1. The third-order valence-electron chi connectivity index (χ3n) is 4.35. The molecule has 1 fully saturated rings. The van der Waals surface area contributed by atoms with Gasteiger partial charge in [-0.05, 0) is 42.7 Å². The highest BCUT2D eigenvalue weighted by Gasteiger charge is 2.37. The second-order valence-electron chi connectivity index (χ2n) is 5.91. The second-order valence-corrected chi connectivity index (χ2v) is 6.32. The quantitative estimate of drug-likeness (QED) is 0.857. The molecule has 1 aromatic carbocycles. The largest absolute Gasteiger partial charge is 0.325 e. The first-order chi connectivity index (χ1) is 8.42. The normalized spacial score (nSPS) is 32.5. The van der Waals surface area contributed by atoms with Crippen molar-refractivity contribution in [3.63, 3.8) is 0 Å². The summed E-state index contributed by atoms with van der Waals surface area (Å²) in [6.45, 7) is 4.40. The van der Waals surface area contributed by atoms with Gasteiger partial charge in [0.25, 0.3) is 0 Å². The van der Waals surface area contributed by atoms with Crippen LogP contribution in [0.1, 0.15) is 38.7 Å². The number of hydrogen-bond donors (Lipinski definition) is 1. The van der Waals surface area contributed by atoms with Gasteiger partial charge in [0.1, 0.15) is 5.82 Å². The predicted molar refractivity (Wildman–Crippen MR) is 74.2 cm³/mol. The SMILES string of the molecule is CC1CCC(C)C(N)(Cc2cccc(Cl)c2F)C1. The summed E-state index contributed by atoms with van der Waals surface area (Å²) in [7, 11) is 0. The van der Waals surface area contributed by atoms with Gasteiger partial charge < -0.3 is 5.73 Å². The van der Waals surface area contributed by atoms with E-state index in [4.69, 9.17) is 17.3 Å². The molecule has 0 amide bonds. The minimum Gasteiger partial charge on any atom is -0.325 e. The van der Waals surface area contributed by atoms with E-state index in [1.54, 1.807) is 18.2 Å². The molecule has 18 heavy (non-hydrogen) atoms. The Hall–Kier alpha value is -0.600. The minimum absolute atomic E-state index is 0.188. The van der Waals surface area contributed by atoms with Gasteiger partial charge in [0, 0.05) is 5.54 Å². The molecule has 1 aliphatic rings. The Kier molecular flexibility index (Phi) is 3.98. The maximum absolute atomic E-state index is 14.0. The summed E-state index contributed by atoms with van der Waals surface area (Å²) in [5, 5.41) is 0.188. The highest BCUT2D eigenvalue weighted by Crippen LogP contribution is 2.38. The molecule has 1 nitrogen and oxygen atoms in total. The van der Waals surface area contributed by atoms with Gasteiger partial charge in [-0.15, -0.1) is 0 Å². The Balaban J connectivity index is 2.23. The molecule has 1 saturated carbocycles. The molecule has 1 aliphatic carbocycles. The Labute approximate surface area is 114 Å². The maximum Gasteiger partial charge on any atom is 0.145 e. The standard InChI is InChI=1S/C15H21ClFN/c1-10-6-7-11(2)15(18,8-10)9-12-4-3-5-13(16)14(12)17/h3-5,10-11H,6-9,18H2,1-2H3. The van der Waals surface area contributed by atoms with E-state index >= 15 is 0 Å². The predicted octanol–water partition coefficient (Wildman–Crippen LogP) is 4.18. The molecule has 2 rings (SSSR count). The lowest BCUT2D eigenvalue weighted by Gasteiger charge is -2.42. The summed E-state index contributed by atoms with van der Waals surface area (Å²) in [5.41, 5.74) is 6.88. The van der Waals surface area contributed by atoms with Crippen LogP contribution in [0.2, 0.25) is 5.02 Å². The first-order valence-electron chi connectivity index (χ1n) is 6.64. The second kappa shape index (κ2) is 5.18. The zero-order chi connectivity index (χ0) is 13.3. The molecule has 0 aliphatic heterocycles. The number of hydrogen-bond acceptors (Lipinski definition) is 1. The van der Waals surface area contributed by atoms with Gasteiger partial charge in [-0.1, -0.05) is 44.0 Å². The number of rotatable bonds is 2. The fourth-order valence-electron chi connectivity index (χ4n) is 3.06. The number of halogens is 2. The molecule has 3 heteroatoms. The van der Waals surface area contributed by atoms with Crippen LogP contribution in [-0.4, -0.2) is 5.54 Å². The monoisotopic (exact) mass is 269 g/mol. The lowest BCUT2D eigenvalue weighted by Crippen LogP contribution is -2.51. The summed E-state index contributed by atoms with van der Waals surface area (Å²) < 4.78 is 14.0. The summed E-state index contributed by atoms with van der Waals surface area (Å²) in [6, 6.07) is 5.17. The molecule has 0 spiro atoms. The van der Waals surface area contributed by atoms with Crippen molar-refractivity contribution in [3.05, 3.63) is 34.6 Å². The van der Waals surface area contributed by atoms with Crippen LogP contribution in [0.4, 0.5) is 4.39 Å². The summed E-state index contributed by atoms with van der Waals surface area (Å²) in [4.78, 5) is 0. The molecule has 2 N–H and O–H groups in total. The van der Waals surface area contributed by atoms with Crippen LogP contribution in [0.5, 0.6) is 0 Å². The van der Waals surface area contributed by atoms with Gasteiger partial charge in [-0.25, -0.2) is 4.39 Å². The molecular formula is C15H21ClFN. The first kappa shape index (κ1) is 13.8. The average Bonchev–Trinajstić information content (AvgIpc) is 2.30. The van der Waals surface area contributed by atoms with Crippen molar-refractivity contribution in [1.82, 2.24) is 0 Å². The van der Waals surface area contributed by atoms with Crippen LogP contribution < -0.4 is 5.73 Å². The summed E-state index contributed by atoms with van der Waals surface area (Å²) in [6.07, 6.45) is 3.88. The molecular weight excluding hydrogens is 249 g/mol. The zero-order valence-corrected chi connectivity index (χ0v) is 11.8. The third-order valence-corrected chi connectivity index (χ3v) is 4.65. The number of nitrogens with two attached hydrogens (primary N) is 1. The zero-order valence-electron chi connectivity index (χ0n) is 11.0. The van der Waals surface area contributed by atoms with E-state index in [2.05, 4.69) is 13.8 Å². The molecule has 100 valence electrons. The molecule has 0 aromatic heterocycles. The Morgan fingerprint density at radius 2 is 2.11 bits per heavy atom. The van der Waals surface area contributed by atoms with E-state index in [-0.39, 0.29) is 16.4 Å². The Morgan fingerprint density at radius 1 is 1.39 bits per heavy atom. The van der Waals surface area contributed by atoms with Crippen LogP contribution >= 0.6 is 11.6 Å². The van der Waals surface area contributed by atoms with Crippen molar-refractivity contribution in [1.29, 1.82) is 0 Å². The third kappa shape index (κ3) is 2.70. The first-order valence-corrected chi connectivity index (χ1v) is 7.02. The topological polar surface area (TPSA) is 26.0 Å². The van der Waals surface area contributed by atoms with Crippen LogP contribution in [0, 0.1) is 17.7 Å². The molecule has 0 heterocycles. The van der Waals surface area contributed by atoms with Gasteiger partial charge in [0.2, 0.25) is 0 Å². The fraction of sp³-hybridized carbons (Fsp3) is 0.600. The minimum atomic E-state index is -0.311. The lowest BCUT2D eigenvalue weighted by molar-refractivity contribution is 0.160. The lowest BCUT2D eigenvalue weighted by atomic mass is 9.68. The highest BCUT2D eigenvalue weighted by atomic mass is 35.5. The van der Waals surface area contributed by atoms with Gasteiger partial charge in [-0.2, -0.15) is 0 Å². The maximum atomic E-state index is 14.0. The summed E-state index contributed by atoms with van der Waals surface area (Å²) >= 11 is 5.83.